The number of imidazole rings is 1. The minimum absolute atomic E-state index is 0.354. The monoisotopic (exact) mass is 320 g/mol. The van der Waals surface area contributed by atoms with Gasteiger partial charge in [0, 0.05) is 5.54 Å². The van der Waals surface area contributed by atoms with Crippen LogP contribution in [0, 0.1) is 0 Å². The summed E-state index contributed by atoms with van der Waals surface area (Å²) < 4.78 is 0. The van der Waals surface area contributed by atoms with E-state index in [9.17, 15) is 9.59 Å². The molecule has 0 aliphatic rings. The molecule has 6 nitrogen and oxygen atoms in total. The minimum atomic E-state index is -0.491. The molecule has 1 heterocycles. The fourth-order valence-electron chi connectivity index (χ4n) is 1.79. The lowest BCUT2D eigenvalue weighted by molar-refractivity contribution is -0.119. The SMILES string of the molecule is C[C@@H](Sc1nc2ccccc2[nH]1)C(=O)NC(=O)NC(C)(C)C. The molecule has 2 aromatic rings. The number of fused-ring (bicyclic) bond motifs is 1. The van der Waals surface area contributed by atoms with Crippen LogP contribution in [0.4, 0.5) is 4.79 Å². The van der Waals surface area contributed by atoms with Crippen molar-refractivity contribution in [3.05, 3.63) is 24.3 Å². The van der Waals surface area contributed by atoms with Crippen molar-refractivity contribution in [2.24, 2.45) is 0 Å². The van der Waals surface area contributed by atoms with Crippen LogP contribution in [0.1, 0.15) is 27.7 Å². The molecule has 3 amide bonds. The summed E-state index contributed by atoms with van der Waals surface area (Å²) in [5, 5.41) is 5.24. The van der Waals surface area contributed by atoms with Gasteiger partial charge in [0.2, 0.25) is 5.91 Å². The van der Waals surface area contributed by atoms with Crippen molar-refractivity contribution in [1.82, 2.24) is 20.6 Å². The normalized spacial score (nSPS) is 12.9. The standard InChI is InChI=1S/C15H20N4O2S/c1-9(12(20)18-13(21)19-15(2,3)4)22-14-16-10-7-5-6-8-11(10)17-14/h5-9H,1-4H3,(H,16,17)(H2,18,19,20,21)/t9-/m1/s1. The summed E-state index contributed by atoms with van der Waals surface area (Å²) in [4.78, 5) is 31.3. The molecule has 0 saturated heterocycles. The van der Waals surface area contributed by atoms with Crippen LogP contribution in [-0.4, -0.2) is 32.7 Å². The lowest BCUT2D eigenvalue weighted by Gasteiger charge is -2.21. The predicted molar refractivity (Wildman–Crippen MR) is 87.8 cm³/mol. The number of imide groups is 1. The first kappa shape index (κ1) is 16.4. The van der Waals surface area contributed by atoms with Gasteiger partial charge in [0.25, 0.3) is 0 Å². The van der Waals surface area contributed by atoms with E-state index in [1.54, 1.807) is 6.92 Å². The quantitative estimate of drug-likeness (QED) is 0.759. The van der Waals surface area contributed by atoms with Crippen molar-refractivity contribution < 1.29 is 9.59 Å². The Morgan fingerprint density at radius 1 is 1.27 bits per heavy atom. The topological polar surface area (TPSA) is 86.9 Å². The van der Waals surface area contributed by atoms with E-state index in [0.717, 1.165) is 11.0 Å². The highest BCUT2D eigenvalue weighted by Gasteiger charge is 2.21. The molecule has 1 atom stereocenters. The van der Waals surface area contributed by atoms with E-state index in [0.29, 0.717) is 5.16 Å². The van der Waals surface area contributed by atoms with E-state index in [1.807, 2.05) is 45.0 Å². The van der Waals surface area contributed by atoms with Crippen LogP contribution >= 0.6 is 11.8 Å². The zero-order valence-corrected chi connectivity index (χ0v) is 13.9. The first-order valence-corrected chi connectivity index (χ1v) is 7.87. The average Bonchev–Trinajstić information content (AvgIpc) is 2.78. The molecule has 3 N–H and O–H groups in total. The number of H-pyrrole nitrogens is 1. The summed E-state index contributed by atoms with van der Waals surface area (Å²) in [5.41, 5.74) is 1.38. The third-order valence-corrected chi connectivity index (χ3v) is 3.73. The fraction of sp³-hybridized carbons (Fsp3) is 0.400. The van der Waals surface area contributed by atoms with Crippen LogP contribution in [0.3, 0.4) is 0 Å². The first-order chi connectivity index (χ1) is 10.2. The zero-order chi connectivity index (χ0) is 16.3. The van der Waals surface area contributed by atoms with Gasteiger partial charge in [-0.15, -0.1) is 0 Å². The van der Waals surface area contributed by atoms with Gasteiger partial charge in [-0.25, -0.2) is 9.78 Å². The maximum atomic E-state index is 12.0. The molecular formula is C15H20N4O2S. The number of aromatic nitrogens is 2. The van der Waals surface area contributed by atoms with E-state index in [-0.39, 0.29) is 11.4 Å². The van der Waals surface area contributed by atoms with Gasteiger partial charge in [-0.2, -0.15) is 0 Å². The molecule has 1 aromatic heterocycles. The number of aromatic amines is 1. The third-order valence-electron chi connectivity index (χ3n) is 2.75. The fourth-order valence-corrected chi connectivity index (χ4v) is 2.61. The van der Waals surface area contributed by atoms with Crippen LogP contribution in [0.25, 0.3) is 11.0 Å². The van der Waals surface area contributed by atoms with E-state index >= 15 is 0 Å². The number of urea groups is 1. The summed E-state index contributed by atoms with van der Waals surface area (Å²) in [5.74, 6) is -0.354. The van der Waals surface area contributed by atoms with Crippen molar-refractivity contribution in [3.8, 4) is 0 Å². The number of carbonyl (C=O) groups excluding carboxylic acids is 2. The minimum Gasteiger partial charge on any atom is -0.333 e. The number of hydrogen-bond donors (Lipinski definition) is 3. The Labute approximate surface area is 133 Å². The van der Waals surface area contributed by atoms with Crippen LogP contribution in [0.15, 0.2) is 29.4 Å². The molecule has 0 saturated carbocycles. The molecule has 0 spiro atoms. The van der Waals surface area contributed by atoms with Crippen LogP contribution in [-0.2, 0) is 4.79 Å². The van der Waals surface area contributed by atoms with Gasteiger partial charge < -0.3 is 10.3 Å². The number of amides is 3. The largest absolute Gasteiger partial charge is 0.333 e. The molecular weight excluding hydrogens is 300 g/mol. The Bertz CT molecular complexity index is 657. The summed E-state index contributed by atoms with van der Waals surface area (Å²) in [6.07, 6.45) is 0. The Hall–Kier alpha value is -2.02. The molecule has 2 rings (SSSR count). The molecule has 7 heteroatoms. The Balaban J connectivity index is 1.95. The molecule has 1 aromatic carbocycles. The van der Waals surface area contributed by atoms with E-state index in [4.69, 9.17) is 0 Å². The van der Waals surface area contributed by atoms with Crippen LogP contribution in [0.5, 0.6) is 0 Å². The maximum absolute atomic E-state index is 12.0. The summed E-state index contributed by atoms with van der Waals surface area (Å²) in [6.45, 7) is 7.29. The highest BCUT2D eigenvalue weighted by atomic mass is 32.2. The van der Waals surface area contributed by atoms with Gasteiger partial charge in [0.15, 0.2) is 5.16 Å². The highest BCUT2D eigenvalue weighted by Crippen LogP contribution is 2.23. The van der Waals surface area contributed by atoms with Gasteiger partial charge in [0.05, 0.1) is 16.3 Å². The molecule has 0 bridgehead atoms. The van der Waals surface area contributed by atoms with E-state index in [1.165, 1.54) is 11.8 Å². The summed E-state index contributed by atoms with van der Waals surface area (Å²) in [6, 6.07) is 7.16. The van der Waals surface area contributed by atoms with E-state index in [2.05, 4.69) is 20.6 Å². The van der Waals surface area contributed by atoms with Gasteiger partial charge >= 0.3 is 6.03 Å². The molecule has 118 valence electrons. The Kier molecular flexibility index (Phi) is 4.75. The van der Waals surface area contributed by atoms with Gasteiger partial charge in [-0.3, -0.25) is 10.1 Å². The lowest BCUT2D eigenvalue weighted by atomic mass is 10.1. The summed E-state index contributed by atoms with van der Waals surface area (Å²) >= 11 is 1.28. The smallest absolute Gasteiger partial charge is 0.321 e. The molecule has 0 aliphatic carbocycles. The highest BCUT2D eigenvalue weighted by molar-refractivity contribution is 8.00. The van der Waals surface area contributed by atoms with Crippen LogP contribution in [0.2, 0.25) is 0 Å². The number of thioether (sulfide) groups is 1. The third kappa shape index (κ3) is 4.49. The second kappa shape index (κ2) is 6.39. The Morgan fingerprint density at radius 3 is 2.59 bits per heavy atom. The second-order valence-electron chi connectivity index (χ2n) is 6.01. The number of nitrogens with one attached hydrogen (secondary N) is 3. The number of benzene rings is 1. The first-order valence-electron chi connectivity index (χ1n) is 6.99. The second-order valence-corrected chi connectivity index (χ2v) is 7.34. The van der Waals surface area contributed by atoms with E-state index < -0.39 is 11.3 Å². The van der Waals surface area contributed by atoms with Crippen molar-refractivity contribution in [2.75, 3.05) is 0 Å². The molecule has 0 radical (unpaired) electrons. The van der Waals surface area contributed by atoms with Crippen molar-refractivity contribution >= 4 is 34.7 Å². The number of carbonyl (C=O) groups is 2. The molecule has 22 heavy (non-hydrogen) atoms. The Morgan fingerprint density at radius 2 is 1.95 bits per heavy atom. The van der Waals surface area contributed by atoms with Crippen molar-refractivity contribution in [1.29, 1.82) is 0 Å². The lowest BCUT2D eigenvalue weighted by Crippen LogP contribution is -2.49. The zero-order valence-electron chi connectivity index (χ0n) is 13.1. The van der Waals surface area contributed by atoms with Crippen molar-refractivity contribution in [2.45, 2.75) is 43.6 Å². The molecule has 0 aliphatic heterocycles. The number of para-hydroxylation sites is 2. The number of hydrogen-bond acceptors (Lipinski definition) is 4. The molecule has 0 unspecified atom stereocenters. The van der Waals surface area contributed by atoms with Crippen molar-refractivity contribution in [3.63, 3.8) is 0 Å². The molecule has 0 fully saturated rings. The number of nitrogens with zero attached hydrogens (tertiary/aromatic N) is 1. The predicted octanol–water partition coefficient (Wildman–Crippen LogP) is 2.67. The van der Waals surface area contributed by atoms with Gasteiger partial charge in [0.1, 0.15) is 0 Å². The average molecular weight is 320 g/mol. The van der Waals surface area contributed by atoms with Crippen LogP contribution < -0.4 is 10.6 Å². The summed E-state index contributed by atoms with van der Waals surface area (Å²) in [7, 11) is 0. The van der Waals surface area contributed by atoms with Gasteiger partial charge in [-0.1, -0.05) is 23.9 Å². The maximum Gasteiger partial charge on any atom is 0.321 e. The van der Waals surface area contributed by atoms with Gasteiger partial charge in [-0.05, 0) is 39.8 Å². The number of rotatable bonds is 3.